The fourth-order valence-electron chi connectivity index (χ4n) is 3.43. The van der Waals surface area contributed by atoms with Crippen molar-refractivity contribution in [1.29, 1.82) is 0 Å². The molecule has 2 fully saturated rings. The van der Waals surface area contributed by atoms with E-state index in [-0.39, 0.29) is 12.1 Å². The Balaban J connectivity index is 1.81. The molecule has 0 spiro atoms. The first-order valence-electron chi connectivity index (χ1n) is 6.40. The number of rotatable bonds is 4. The topological polar surface area (TPSA) is 26.3 Å². The highest BCUT2D eigenvalue weighted by Gasteiger charge is 2.42. The lowest BCUT2D eigenvalue weighted by molar-refractivity contribution is -0.151. The van der Waals surface area contributed by atoms with Crippen molar-refractivity contribution in [3.63, 3.8) is 0 Å². The zero-order valence-electron chi connectivity index (χ0n) is 9.87. The van der Waals surface area contributed by atoms with Crippen molar-refractivity contribution in [2.45, 2.75) is 58.5 Å². The molecular weight excluding hydrogens is 188 g/mol. The van der Waals surface area contributed by atoms with Gasteiger partial charge in [0.25, 0.3) is 0 Å². The number of hydrogen-bond donors (Lipinski definition) is 0. The molecule has 0 aromatic carbocycles. The van der Waals surface area contributed by atoms with Crippen LogP contribution in [0.25, 0.3) is 0 Å². The molecule has 2 nitrogen and oxygen atoms in total. The Morgan fingerprint density at radius 3 is 2.73 bits per heavy atom. The Labute approximate surface area is 92.4 Å². The Morgan fingerprint density at radius 1 is 1.40 bits per heavy atom. The van der Waals surface area contributed by atoms with Crippen molar-refractivity contribution < 1.29 is 9.53 Å². The maximum Gasteiger partial charge on any atom is 0.306 e. The Hall–Kier alpha value is -0.530. The van der Waals surface area contributed by atoms with Crippen LogP contribution < -0.4 is 0 Å². The lowest BCUT2D eigenvalue weighted by Crippen LogP contribution is -2.28. The van der Waals surface area contributed by atoms with Gasteiger partial charge in [0, 0.05) is 6.42 Å². The molecule has 0 aliphatic heterocycles. The Kier molecular flexibility index (Phi) is 3.32. The molecule has 2 rings (SSSR count). The SMILES string of the molecule is CCCC(=O)O[C@H](C)[C@@H]1C[C@H]2CC[C@H]1C2. The first kappa shape index (κ1) is 11.0. The highest BCUT2D eigenvalue weighted by Crippen LogP contribution is 2.50. The molecule has 86 valence electrons. The Morgan fingerprint density at radius 2 is 2.20 bits per heavy atom. The van der Waals surface area contributed by atoms with E-state index in [1.54, 1.807) is 0 Å². The molecule has 2 aliphatic carbocycles. The van der Waals surface area contributed by atoms with E-state index in [1.807, 2.05) is 6.92 Å². The number of ether oxygens (including phenoxy) is 1. The van der Waals surface area contributed by atoms with Crippen molar-refractivity contribution in [2.75, 3.05) is 0 Å². The molecule has 0 radical (unpaired) electrons. The number of hydrogen-bond acceptors (Lipinski definition) is 2. The van der Waals surface area contributed by atoms with Crippen molar-refractivity contribution in [2.24, 2.45) is 17.8 Å². The molecule has 0 saturated heterocycles. The summed E-state index contributed by atoms with van der Waals surface area (Å²) in [7, 11) is 0. The Bertz CT molecular complexity index is 237. The summed E-state index contributed by atoms with van der Waals surface area (Å²) in [6.45, 7) is 4.10. The van der Waals surface area contributed by atoms with E-state index >= 15 is 0 Å². The van der Waals surface area contributed by atoms with Gasteiger partial charge in [-0.25, -0.2) is 0 Å². The van der Waals surface area contributed by atoms with Crippen LogP contribution in [-0.4, -0.2) is 12.1 Å². The van der Waals surface area contributed by atoms with Crippen molar-refractivity contribution in [1.82, 2.24) is 0 Å². The third-order valence-electron chi connectivity index (χ3n) is 4.17. The molecule has 0 aromatic heterocycles. The van der Waals surface area contributed by atoms with Crippen LogP contribution in [0.1, 0.15) is 52.4 Å². The molecule has 2 aliphatic rings. The molecule has 2 saturated carbocycles. The van der Waals surface area contributed by atoms with Crippen LogP contribution in [0.3, 0.4) is 0 Å². The second kappa shape index (κ2) is 4.54. The van der Waals surface area contributed by atoms with Crippen molar-refractivity contribution in [3.8, 4) is 0 Å². The summed E-state index contributed by atoms with van der Waals surface area (Å²) in [6, 6.07) is 0. The number of carbonyl (C=O) groups excluding carboxylic acids is 1. The van der Waals surface area contributed by atoms with Gasteiger partial charge in [0.15, 0.2) is 0 Å². The van der Waals surface area contributed by atoms with Crippen molar-refractivity contribution in [3.05, 3.63) is 0 Å². The normalized spacial score (nSPS) is 35.5. The van der Waals surface area contributed by atoms with Gasteiger partial charge in [-0.15, -0.1) is 0 Å². The van der Waals surface area contributed by atoms with E-state index in [0.29, 0.717) is 12.3 Å². The van der Waals surface area contributed by atoms with E-state index in [0.717, 1.165) is 18.3 Å². The van der Waals surface area contributed by atoms with E-state index in [4.69, 9.17) is 4.74 Å². The average Bonchev–Trinajstić information content (AvgIpc) is 2.78. The smallest absolute Gasteiger partial charge is 0.306 e. The second-order valence-electron chi connectivity index (χ2n) is 5.28. The molecule has 15 heavy (non-hydrogen) atoms. The van der Waals surface area contributed by atoms with Gasteiger partial charge in [0.05, 0.1) is 0 Å². The highest BCUT2D eigenvalue weighted by molar-refractivity contribution is 5.69. The van der Waals surface area contributed by atoms with Crippen LogP contribution in [0, 0.1) is 17.8 Å². The number of carbonyl (C=O) groups is 1. The first-order valence-corrected chi connectivity index (χ1v) is 6.40. The minimum atomic E-state index is -0.00669. The molecule has 0 amide bonds. The molecule has 4 atom stereocenters. The van der Waals surface area contributed by atoms with Crippen LogP contribution in [0.4, 0.5) is 0 Å². The van der Waals surface area contributed by atoms with Gasteiger partial charge >= 0.3 is 5.97 Å². The molecule has 0 aromatic rings. The van der Waals surface area contributed by atoms with E-state index in [1.165, 1.54) is 25.7 Å². The van der Waals surface area contributed by atoms with Gasteiger partial charge in [-0.2, -0.15) is 0 Å². The minimum absolute atomic E-state index is 0.00669. The predicted octanol–water partition coefficient (Wildman–Crippen LogP) is 3.15. The fourth-order valence-corrected chi connectivity index (χ4v) is 3.43. The van der Waals surface area contributed by atoms with Crippen LogP contribution >= 0.6 is 0 Å². The largest absolute Gasteiger partial charge is 0.462 e. The summed E-state index contributed by atoms with van der Waals surface area (Å²) < 4.78 is 5.49. The van der Waals surface area contributed by atoms with Crippen molar-refractivity contribution >= 4 is 5.97 Å². The van der Waals surface area contributed by atoms with E-state index in [2.05, 4.69) is 6.92 Å². The summed E-state index contributed by atoms with van der Waals surface area (Å²) in [5.74, 6) is 2.43. The summed E-state index contributed by atoms with van der Waals surface area (Å²) in [6.07, 6.45) is 7.08. The van der Waals surface area contributed by atoms with Gasteiger partial charge in [0.1, 0.15) is 6.10 Å². The third-order valence-corrected chi connectivity index (χ3v) is 4.17. The highest BCUT2D eigenvalue weighted by atomic mass is 16.5. The summed E-state index contributed by atoms with van der Waals surface area (Å²) in [4.78, 5) is 11.4. The lowest BCUT2D eigenvalue weighted by Gasteiger charge is -2.27. The molecule has 0 heterocycles. The molecule has 2 bridgehead atoms. The first-order chi connectivity index (χ1) is 7.20. The fraction of sp³-hybridized carbons (Fsp3) is 0.923. The van der Waals surface area contributed by atoms with Crippen LogP contribution in [0.5, 0.6) is 0 Å². The molecule has 2 heteroatoms. The summed E-state index contributed by atoms with van der Waals surface area (Å²) in [5.41, 5.74) is 0. The van der Waals surface area contributed by atoms with Gasteiger partial charge in [-0.05, 0) is 50.4 Å². The minimum Gasteiger partial charge on any atom is -0.462 e. The van der Waals surface area contributed by atoms with E-state index < -0.39 is 0 Å². The summed E-state index contributed by atoms with van der Waals surface area (Å²) in [5, 5.41) is 0. The second-order valence-corrected chi connectivity index (χ2v) is 5.28. The lowest BCUT2D eigenvalue weighted by atomic mass is 9.85. The number of esters is 1. The molecular formula is C13H22O2. The third kappa shape index (κ3) is 2.35. The van der Waals surface area contributed by atoms with E-state index in [9.17, 15) is 4.79 Å². The zero-order chi connectivity index (χ0) is 10.8. The van der Waals surface area contributed by atoms with Gasteiger partial charge in [0.2, 0.25) is 0 Å². The average molecular weight is 210 g/mol. The van der Waals surface area contributed by atoms with Gasteiger partial charge < -0.3 is 4.74 Å². The van der Waals surface area contributed by atoms with Crippen LogP contribution in [-0.2, 0) is 9.53 Å². The maximum atomic E-state index is 11.4. The zero-order valence-corrected chi connectivity index (χ0v) is 9.87. The predicted molar refractivity (Wildman–Crippen MR) is 59.4 cm³/mol. The molecule has 0 N–H and O–H groups in total. The molecule has 0 unspecified atom stereocenters. The van der Waals surface area contributed by atoms with Crippen LogP contribution in [0.2, 0.25) is 0 Å². The number of fused-ring (bicyclic) bond motifs is 2. The summed E-state index contributed by atoms with van der Waals surface area (Å²) >= 11 is 0. The monoisotopic (exact) mass is 210 g/mol. The standard InChI is InChI=1S/C13H22O2/c1-3-4-13(14)15-9(2)12-8-10-5-6-11(12)7-10/h9-12H,3-8H2,1-2H3/t9-,10+,11+,12+/m1/s1. The van der Waals surface area contributed by atoms with Gasteiger partial charge in [-0.1, -0.05) is 13.3 Å². The maximum absolute atomic E-state index is 11.4. The van der Waals surface area contributed by atoms with Gasteiger partial charge in [-0.3, -0.25) is 4.79 Å². The van der Waals surface area contributed by atoms with Crippen LogP contribution in [0.15, 0.2) is 0 Å². The quantitative estimate of drug-likeness (QED) is 0.666.